The van der Waals surface area contributed by atoms with Gasteiger partial charge in [0.2, 0.25) is 0 Å². The number of ether oxygens (including phenoxy) is 1. The summed E-state index contributed by atoms with van der Waals surface area (Å²) in [5.41, 5.74) is 1.78. The summed E-state index contributed by atoms with van der Waals surface area (Å²) in [7, 11) is 0. The highest BCUT2D eigenvalue weighted by Crippen LogP contribution is 2.23. The number of likely N-dealkylation sites (tertiary alicyclic amines) is 1. The van der Waals surface area contributed by atoms with Gasteiger partial charge in [0.05, 0.1) is 0 Å². The molecule has 124 valence electrons. The van der Waals surface area contributed by atoms with Gasteiger partial charge < -0.3 is 14.0 Å². The number of hydrogen-bond acceptors (Lipinski definition) is 3. The van der Waals surface area contributed by atoms with Gasteiger partial charge in [0.25, 0.3) is 0 Å². The molecule has 2 aromatic rings. The zero-order chi connectivity index (χ0) is 16.4. The molecule has 0 spiro atoms. The number of carbonyl (C=O) groups is 1. The molecule has 5 heteroatoms. The Balaban J connectivity index is 1.67. The minimum absolute atomic E-state index is 0.192. The van der Waals surface area contributed by atoms with Gasteiger partial charge in [0, 0.05) is 31.2 Å². The van der Waals surface area contributed by atoms with Crippen molar-refractivity contribution in [1.82, 2.24) is 14.3 Å². The van der Waals surface area contributed by atoms with Crippen LogP contribution in [0.5, 0.6) is 0 Å². The zero-order valence-corrected chi connectivity index (χ0v) is 14.2. The van der Waals surface area contributed by atoms with Crippen LogP contribution in [0.2, 0.25) is 0 Å². The van der Waals surface area contributed by atoms with E-state index in [1.807, 2.05) is 50.2 Å². The van der Waals surface area contributed by atoms with Crippen LogP contribution in [0.25, 0.3) is 5.65 Å². The molecule has 5 nitrogen and oxygen atoms in total. The molecule has 1 saturated heterocycles. The standard InChI is InChI=1S/C18H25N3O2/c1-18(2,3)23-17(22)20-10-5-6-14(13-20)12-15-7-4-8-16-19-9-11-21(15)16/h4,7-9,11,14H,5-6,10,12-13H2,1-3H3. The molecule has 0 N–H and O–H groups in total. The molecular formula is C18H25N3O2. The maximum absolute atomic E-state index is 12.3. The second-order valence-corrected chi connectivity index (χ2v) is 7.31. The van der Waals surface area contributed by atoms with Crippen LogP contribution in [-0.4, -0.2) is 39.1 Å². The van der Waals surface area contributed by atoms with Crippen LogP contribution in [0.15, 0.2) is 30.6 Å². The smallest absolute Gasteiger partial charge is 0.410 e. The molecule has 1 aliphatic rings. The Labute approximate surface area is 137 Å². The lowest BCUT2D eigenvalue weighted by Gasteiger charge is -2.34. The van der Waals surface area contributed by atoms with Crippen molar-refractivity contribution >= 4 is 11.7 Å². The summed E-state index contributed by atoms with van der Waals surface area (Å²) in [5, 5.41) is 0. The molecule has 0 bridgehead atoms. The molecule has 1 amide bonds. The quantitative estimate of drug-likeness (QED) is 0.852. The van der Waals surface area contributed by atoms with Crippen molar-refractivity contribution in [2.45, 2.75) is 45.6 Å². The Morgan fingerprint density at radius 3 is 3.00 bits per heavy atom. The molecule has 1 fully saturated rings. The van der Waals surface area contributed by atoms with Crippen molar-refractivity contribution in [3.8, 4) is 0 Å². The fourth-order valence-electron chi connectivity index (χ4n) is 3.19. The Morgan fingerprint density at radius 1 is 1.39 bits per heavy atom. The highest BCUT2D eigenvalue weighted by molar-refractivity contribution is 5.68. The Bertz CT molecular complexity index is 687. The Kier molecular flexibility index (Phi) is 4.28. The van der Waals surface area contributed by atoms with E-state index in [4.69, 9.17) is 4.74 Å². The minimum atomic E-state index is -0.438. The van der Waals surface area contributed by atoms with Crippen molar-refractivity contribution in [2.75, 3.05) is 13.1 Å². The highest BCUT2D eigenvalue weighted by Gasteiger charge is 2.27. The first-order chi connectivity index (χ1) is 10.9. The van der Waals surface area contributed by atoms with Gasteiger partial charge in [-0.15, -0.1) is 0 Å². The number of fused-ring (bicyclic) bond motifs is 1. The van der Waals surface area contributed by atoms with E-state index >= 15 is 0 Å². The van der Waals surface area contributed by atoms with Gasteiger partial charge in [0.15, 0.2) is 0 Å². The molecule has 1 unspecified atom stereocenters. The van der Waals surface area contributed by atoms with Crippen LogP contribution in [0.1, 0.15) is 39.3 Å². The third-order valence-corrected chi connectivity index (χ3v) is 4.18. The maximum Gasteiger partial charge on any atom is 0.410 e. The lowest BCUT2D eigenvalue weighted by Crippen LogP contribution is -2.43. The summed E-state index contributed by atoms with van der Waals surface area (Å²) in [6.07, 6.45) is 6.76. The molecule has 1 atom stereocenters. The number of carbonyl (C=O) groups excluding carboxylic acids is 1. The second-order valence-electron chi connectivity index (χ2n) is 7.31. The largest absolute Gasteiger partial charge is 0.444 e. The van der Waals surface area contributed by atoms with E-state index in [1.54, 1.807) is 0 Å². The minimum Gasteiger partial charge on any atom is -0.444 e. The molecular weight excluding hydrogens is 290 g/mol. The monoisotopic (exact) mass is 315 g/mol. The molecule has 0 aliphatic carbocycles. The van der Waals surface area contributed by atoms with Gasteiger partial charge in [-0.1, -0.05) is 6.07 Å². The van der Waals surface area contributed by atoms with Crippen molar-refractivity contribution in [2.24, 2.45) is 5.92 Å². The topological polar surface area (TPSA) is 46.8 Å². The van der Waals surface area contributed by atoms with Gasteiger partial charge in [-0.25, -0.2) is 9.78 Å². The van der Waals surface area contributed by atoms with E-state index in [-0.39, 0.29) is 6.09 Å². The van der Waals surface area contributed by atoms with Crippen LogP contribution in [0.4, 0.5) is 4.79 Å². The molecule has 3 rings (SSSR count). The predicted molar refractivity (Wildman–Crippen MR) is 89.4 cm³/mol. The van der Waals surface area contributed by atoms with E-state index in [0.29, 0.717) is 5.92 Å². The third-order valence-electron chi connectivity index (χ3n) is 4.18. The van der Waals surface area contributed by atoms with E-state index in [1.165, 1.54) is 5.69 Å². The summed E-state index contributed by atoms with van der Waals surface area (Å²) in [6, 6.07) is 6.20. The van der Waals surface area contributed by atoms with Crippen LogP contribution >= 0.6 is 0 Å². The lowest BCUT2D eigenvalue weighted by atomic mass is 9.93. The summed E-state index contributed by atoms with van der Waals surface area (Å²) in [4.78, 5) is 18.5. The number of hydrogen-bond donors (Lipinski definition) is 0. The third kappa shape index (κ3) is 3.84. The van der Waals surface area contributed by atoms with Crippen molar-refractivity contribution < 1.29 is 9.53 Å². The first-order valence-corrected chi connectivity index (χ1v) is 8.31. The summed E-state index contributed by atoms with van der Waals surface area (Å²) in [5.74, 6) is 0.462. The number of rotatable bonds is 2. The van der Waals surface area contributed by atoms with Crippen LogP contribution in [0.3, 0.4) is 0 Å². The van der Waals surface area contributed by atoms with Gasteiger partial charge >= 0.3 is 6.09 Å². The van der Waals surface area contributed by atoms with Crippen LogP contribution in [-0.2, 0) is 11.2 Å². The van der Waals surface area contributed by atoms with E-state index < -0.39 is 5.60 Å². The maximum atomic E-state index is 12.3. The number of aromatic nitrogens is 2. The number of pyridine rings is 1. The Morgan fingerprint density at radius 2 is 2.22 bits per heavy atom. The fraction of sp³-hybridized carbons (Fsp3) is 0.556. The number of imidazole rings is 1. The predicted octanol–water partition coefficient (Wildman–Crippen LogP) is 3.52. The molecule has 0 saturated carbocycles. The molecule has 0 radical (unpaired) electrons. The molecule has 3 heterocycles. The first-order valence-electron chi connectivity index (χ1n) is 8.31. The van der Waals surface area contributed by atoms with Gasteiger partial charge in [-0.2, -0.15) is 0 Å². The fourth-order valence-corrected chi connectivity index (χ4v) is 3.19. The number of nitrogens with zero attached hydrogens (tertiary/aromatic N) is 3. The molecule has 0 aromatic carbocycles. The number of amides is 1. The van der Waals surface area contributed by atoms with Crippen LogP contribution in [0, 0.1) is 5.92 Å². The van der Waals surface area contributed by atoms with E-state index in [0.717, 1.165) is 38.0 Å². The van der Waals surface area contributed by atoms with Crippen molar-refractivity contribution in [3.05, 3.63) is 36.3 Å². The van der Waals surface area contributed by atoms with Gasteiger partial charge in [-0.05, 0) is 58.1 Å². The summed E-state index contributed by atoms with van der Waals surface area (Å²) >= 11 is 0. The average Bonchev–Trinajstić information content (AvgIpc) is 2.95. The number of piperidine rings is 1. The molecule has 23 heavy (non-hydrogen) atoms. The summed E-state index contributed by atoms with van der Waals surface area (Å²) in [6.45, 7) is 7.28. The van der Waals surface area contributed by atoms with Gasteiger partial charge in [0.1, 0.15) is 11.2 Å². The molecule has 2 aromatic heterocycles. The van der Waals surface area contributed by atoms with Crippen molar-refractivity contribution in [3.63, 3.8) is 0 Å². The zero-order valence-electron chi connectivity index (χ0n) is 14.2. The summed E-state index contributed by atoms with van der Waals surface area (Å²) < 4.78 is 7.64. The highest BCUT2D eigenvalue weighted by atomic mass is 16.6. The van der Waals surface area contributed by atoms with E-state index in [9.17, 15) is 4.79 Å². The van der Waals surface area contributed by atoms with Crippen LogP contribution < -0.4 is 0 Å². The lowest BCUT2D eigenvalue weighted by molar-refractivity contribution is 0.0165. The second kappa shape index (κ2) is 6.22. The average molecular weight is 315 g/mol. The molecule has 1 aliphatic heterocycles. The van der Waals surface area contributed by atoms with E-state index in [2.05, 4.69) is 15.5 Å². The SMILES string of the molecule is CC(C)(C)OC(=O)N1CCCC(Cc2cccc3nccn23)C1. The normalized spacial score (nSPS) is 19.1. The van der Waals surface area contributed by atoms with Crippen molar-refractivity contribution in [1.29, 1.82) is 0 Å². The Hall–Kier alpha value is -2.04. The first kappa shape index (κ1) is 15.8. The van der Waals surface area contributed by atoms with Gasteiger partial charge in [-0.3, -0.25) is 0 Å².